The molecule has 2 aromatic carbocycles. The fraction of sp³-hybridized carbons (Fsp3) is 0.0714. The van der Waals surface area contributed by atoms with E-state index in [0.717, 1.165) is 9.13 Å². The van der Waals surface area contributed by atoms with Gasteiger partial charge in [-0.3, -0.25) is 4.79 Å². The van der Waals surface area contributed by atoms with Crippen LogP contribution in [0.5, 0.6) is 0 Å². The fourth-order valence-corrected chi connectivity index (χ4v) is 2.08. The normalized spacial score (nSPS) is 10.1. The minimum atomic E-state index is -0.0914. The first-order valence-electron chi connectivity index (χ1n) is 5.44. The van der Waals surface area contributed by atoms with Crippen LogP contribution in [0.3, 0.4) is 0 Å². The predicted octanol–water partition coefficient (Wildman–Crippen LogP) is 3.87. The summed E-state index contributed by atoms with van der Waals surface area (Å²) in [6.45, 7) is 0.435. The molecule has 0 bridgehead atoms. The molecular weight excluding hydrogens is 361 g/mol. The van der Waals surface area contributed by atoms with Crippen molar-refractivity contribution in [3.63, 3.8) is 0 Å². The zero-order valence-electron chi connectivity index (χ0n) is 9.49. The van der Waals surface area contributed by atoms with Gasteiger partial charge < -0.3 is 5.32 Å². The van der Waals surface area contributed by atoms with Crippen LogP contribution in [0.4, 0.5) is 0 Å². The number of hydrogen-bond acceptors (Lipinski definition) is 1. The summed E-state index contributed by atoms with van der Waals surface area (Å²) >= 11 is 8.23. The Labute approximate surface area is 124 Å². The Kier molecular flexibility index (Phi) is 4.60. The molecule has 0 aliphatic rings. The summed E-state index contributed by atoms with van der Waals surface area (Å²) in [6, 6.07) is 14.9. The summed E-state index contributed by atoms with van der Waals surface area (Å²) in [4.78, 5) is 11.9. The van der Waals surface area contributed by atoms with Gasteiger partial charge in [0, 0.05) is 20.7 Å². The van der Waals surface area contributed by atoms with Crippen LogP contribution in [0.25, 0.3) is 0 Å². The molecule has 0 saturated carbocycles. The third kappa shape index (κ3) is 3.46. The van der Waals surface area contributed by atoms with E-state index in [1.807, 2.05) is 48.5 Å². The highest BCUT2D eigenvalue weighted by Gasteiger charge is 2.05. The molecule has 0 spiro atoms. The molecule has 0 unspecified atom stereocenters. The number of rotatable bonds is 3. The molecule has 0 aromatic heterocycles. The number of carbonyl (C=O) groups is 1. The first-order valence-corrected chi connectivity index (χ1v) is 6.89. The van der Waals surface area contributed by atoms with Crippen molar-refractivity contribution in [1.29, 1.82) is 0 Å². The maximum absolute atomic E-state index is 11.9. The Balaban J connectivity index is 2.01. The van der Waals surface area contributed by atoms with Crippen molar-refractivity contribution >= 4 is 40.1 Å². The second-order valence-electron chi connectivity index (χ2n) is 3.78. The Morgan fingerprint density at radius 1 is 1.11 bits per heavy atom. The van der Waals surface area contributed by atoms with Crippen LogP contribution in [0.2, 0.25) is 5.02 Å². The minimum absolute atomic E-state index is 0.0914. The SMILES string of the molecule is O=C(NCc1ccccc1Cl)c1ccc(I)cc1. The number of nitrogens with one attached hydrogen (secondary N) is 1. The fourth-order valence-electron chi connectivity index (χ4n) is 1.52. The molecule has 0 heterocycles. The van der Waals surface area contributed by atoms with Crippen LogP contribution >= 0.6 is 34.2 Å². The third-order valence-corrected chi connectivity index (χ3v) is 3.59. The molecule has 0 aliphatic heterocycles. The van der Waals surface area contributed by atoms with Gasteiger partial charge in [-0.25, -0.2) is 0 Å². The average molecular weight is 372 g/mol. The van der Waals surface area contributed by atoms with E-state index in [0.29, 0.717) is 17.1 Å². The zero-order chi connectivity index (χ0) is 13.0. The van der Waals surface area contributed by atoms with Crippen molar-refractivity contribution in [1.82, 2.24) is 5.32 Å². The maximum Gasteiger partial charge on any atom is 0.251 e. The molecule has 0 radical (unpaired) electrons. The minimum Gasteiger partial charge on any atom is -0.348 e. The molecule has 1 amide bonds. The molecule has 4 heteroatoms. The maximum atomic E-state index is 11.9. The van der Waals surface area contributed by atoms with Crippen molar-refractivity contribution in [2.75, 3.05) is 0 Å². The number of carbonyl (C=O) groups excluding carboxylic acids is 1. The summed E-state index contributed by atoms with van der Waals surface area (Å²) < 4.78 is 1.11. The van der Waals surface area contributed by atoms with E-state index in [4.69, 9.17) is 11.6 Å². The van der Waals surface area contributed by atoms with Gasteiger partial charge in [-0.2, -0.15) is 0 Å². The van der Waals surface area contributed by atoms with Crippen molar-refractivity contribution in [2.24, 2.45) is 0 Å². The molecule has 18 heavy (non-hydrogen) atoms. The van der Waals surface area contributed by atoms with Gasteiger partial charge in [0.1, 0.15) is 0 Å². The van der Waals surface area contributed by atoms with E-state index in [1.165, 1.54) is 0 Å². The van der Waals surface area contributed by atoms with Gasteiger partial charge in [0.05, 0.1) is 0 Å². The number of hydrogen-bond donors (Lipinski definition) is 1. The Morgan fingerprint density at radius 3 is 2.44 bits per heavy atom. The molecule has 2 nitrogen and oxygen atoms in total. The monoisotopic (exact) mass is 371 g/mol. The second kappa shape index (κ2) is 6.20. The summed E-state index contributed by atoms with van der Waals surface area (Å²) in [5.74, 6) is -0.0914. The molecule has 92 valence electrons. The molecule has 0 fully saturated rings. The standard InChI is InChI=1S/C14H11ClINO/c15-13-4-2-1-3-11(13)9-17-14(18)10-5-7-12(16)8-6-10/h1-8H,9H2,(H,17,18). The van der Waals surface area contributed by atoms with Gasteiger partial charge in [0.2, 0.25) is 0 Å². The Morgan fingerprint density at radius 2 is 1.78 bits per heavy atom. The van der Waals surface area contributed by atoms with Gasteiger partial charge in [0.25, 0.3) is 5.91 Å². The summed E-state index contributed by atoms with van der Waals surface area (Å²) in [6.07, 6.45) is 0. The number of halogens is 2. The lowest BCUT2D eigenvalue weighted by Gasteiger charge is -2.07. The predicted molar refractivity (Wildman–Crippen MR) is 81.8 cm³/mol. The first kappa shape index (κ1) is 13.4. The molecule has 1 N–H and O–H groups in total. The molecule has 2 aromatic rings. The molecule has 0 saturated heterocycles. The first-order chi connectivity index (χ1) is 8.66. The van der Waals surface area contributed by atoms with Crippen molar-refractivity contribution in [2.45, 2.75) is 6.54 Å². The van der Waals surface area contributed by atoms with Crippen LogP contribution in [0.15, 0.2) is 48.5 Å². The van der Waals surface area contributed by atoms with Crippen molar-refractivity contribution in [3.8, 4) is 0 Å². The van der Waals surface area contributed by atoms with Crippen LogP contribution in [-0.4, -0.2) is 5.91 Å². The topological polar surface area (TPSA) is 29.1 Å². The summed E-state index contributed by atoms with van der Waals surface area (Å²) in [7, 11) is 0. The van der Waals surface area contributed by atoms with E-state index in [9.17, 15) is 4.79 Å². The molecule has 0 aliphatic carbocycles. The quantitative estimate of drug-likeness (QED) is 0.815. The van der Waals surface area contributed by atoms with Gasteiger partial charge >= 0.3 is 0 Å². The molecule has 0 atom stereocenters. The highest BCUT2D eigenvalue weighted by atomic mass is 127. The Hall–Kier alpha value is -1.07. The van der Waals surface area contributed by atoms with Crippen LogP contribution < -0.4 is 5.32 Å². The van der Waals surface area contributed by atoms with Crippen LogP contribution in [-0.2, 0) is 6.54 Å². The smallest absolute Gasteiger partial charge is 0.251 e. The molecule has 2 rings (SSSR count). The lowest BCUT2D eigenvalue weighted by Crippen LogP contribution is -2.22. The van der Waals surface area contributed by atoms with Gasteiger partial charge in [-0.15, -0.1) is 0 Å². The lowest BCUT2D eigenvalue weighted by atomic mass is 10.2. The van der Waals surface area contributed by atoms with Crippen LogP contribution in [0.1, 0.15) is 15.9 Å². The van der Waals surface area contributed by atoms with Gasteiger partial charge in [0.15, 0.2) is 0 Å². The van der Waals surface area contributed by atoms with Crippen molar-refractivity contribution in [3.05, 3.63) is 68.3 Å². The van der Waals surface area contributed by atoms with Crippen molar-refractivity contribution < 1.29 is 4.79 Å². The number of benzene rings is 2. The van der Waals surface area contributed by atoms with E-state index in [-0.39, 0.29) is 5.91 Å². The highest BCUT2D eigenvalue weighted by molar-refractivity contribution is 14.1. The highest BCUT2D eigenvalue weighted by Crippen LogP contribution is 2.14. The number of amides is 1. The van der Waals surface area contributed by atoms with E-state index in [2.05, 4.69) is 27.9 Å². The second-order valence-corrected chi connectivity index (χ2v) is 5.43. The van der Waals surface area contributed by atoms with Crippen LogP contribution in [0, 0.1) is 3.57 Å². The summed E-state index contributed by atoms with van der Waals surface area (Å²) in [5.41, 5.74) is 1.57. The van der Waals surface area contributed by atoms with Gasteiger partial charge in [-0.1, -0.05) is 29.8 Å². The molecular formula is C14H11ClINO. The van der Waals surface area contributed by atoms with Gasteiger partial charge in [-0.05, 0) is 58.5 Å². The Bertz CT molecular complexity index is 554. The van der Waals surface area contributed by atoms with E-state index < -0.39 is 0 Å². The van der Waals surface area contributed by atoms with E-state index in [1.54, 1.807) is 0 Å². The third-order valence-electron chi connectivity index (χ3n) is 2.50. The average Bonchev–Trinajstić information content (AvgIpc) is 2.38. The van der Waals surface area contributed by atoms with E-state index >= 15 is 0 Å². The largest absolute Gasteiger partial charge is 0.348 e. The zero-order valence-corrected chi connectivity index (χ0v) is 12.4. The summed E-state index contributed by atoms with van der Waals surface area (Å²) in [5, 5.41) is 3.52. The lowest BCUT2D eigenvalue weighted by molar-refractivity contribution is 0.0951.